The molecule has 0 heterocycles. The second-order valence-electron chi connectivity index (χ2n) is 1.96. The first-order valence-corrected chi connectivity index (χ1v) is 3.14. The van der Waals surface area contributed by atoms with Gasteiger partial charge >= 0.3 is 0 Å². The van der Waals surface area contributed by atoms with E-state index >= 15 is 0 Å². The van der Waals surface area contributed by atoms with Crippen LogP contribution in [0.2, 0.25) is 0 Å². The molecule has 0 saturated heterocycles. The lowest BCUT2D eigenvalue weighted by Gasteiger charge is -2.10. The van der Waals surface area contributed by atoms with E-state index in [4.69, 9.17) is 0 Å². The molecule has 0 bridgehead atoms. The highest BCUT2D eigenvalue weighted by Gasteiger charge is 1.82. The molecule has 0 rings (SSSR count). The summed E-state index contributed by atoms with van der Waals surface area (Å²) in [6.45, 7) is 5.37. The van der Waals surface area contributed by atoms with Gasteiger partial charge in [-0.1, -0.05) is 13.0 Å². The van der Waals surface area contributed by atoms with Gasteiger partial charge in [-0.2, -0.15) is 0 Å². The molecule has 0 aromatic carbocycles. The molecule has 0 aliphatic carbocycles. The van der Waals surface area contributed by atoms with Crippen LogP contribution in [0.5, 0.6) is 0 Å². The zero-order valence-electron chi connectivity index (χ0n) is 6.02. The largest absolute Gasteiger partial charge is 0.381 e. The van der Waals surface area contributed by atoms with Crippen LogP contribution in [0, 0.1) is 0 Å². The first kappa shape index (κ1) is 7.54. The van der Waals surface area contributed by atoms with E-state index in [1.54, 1.807) is 0 Å². The molecule has 8 heavy (non-hydrogen) atoms. The fraction of sp³-hybridized carbons (Fsp3) is 0.714. The maximum atomic E-state index is 2.18. The van der Waals surface area contributed by atoms with Crippen LogP contribution in [0.1, 0.15) is 20.3 Å². The van der Waals surface area contributed by atoms with Crippen molar-refractivity contribution in [3.8, 4) is 0 Å². The lowest BCUT2D eigenvalue weighted by molar-refractivity contribution is 0.454. The van der Waals surface area contributed by atoms with Crippen molar-refractivity contribution in [1.82, 2.24) is 4.90 Å². The zero-order chi connectivity index (χ0) is 6.41. The molecule has 0 aromatic heterocycles. The smallest absolute Gasteiger partial charge is 0.0166 e. The van der Waals surface area contributed by atoms with E-state index in [9.17, 15) is 0 Å². The van der Waals surface area contributed by atoms with E-state index in [2.05, 4.69) is 31.1 Å². The van der Waals surface area contributed by atoms with Gasteiger partial charge in [0.1, 0.15) is 0 Å². The molecule has 1 nitrogen and oxygen atoms in total. The van der Waals surface area contributed by atoms with E-state index in [0.29, 0.717) is 0 Å². The second kappa shape index (κ2) is 4.69. The first-order valence-electron chi connectivity index (χ1n) is 3.14. The first-order chi connectivity index (χ1) is 3.81. The number of hydrogen-bond donors (Lipinski definition) is 0. The summed E-state index contributed by atoms with van der Waals surface area (Å²) < 4.78 is 0. The van der Waals surface area contributed by atoms with Crippen LogP contribution >= 0.6 is 0 Å². The summed E-state index contributed by atoms with van der Waals surface area (Å²) in [6.07, 6.45) is 5.36. The van der Waals surface area contributed by atoms with Crippen molar-refractivity contribution < 1.29 is 0 Å². The molecule has 0 saturated carbocycles. The molecule has 0 aliphatic heterocycles. The topological polar surface area (TPSA) is 3.24 Å². The third kappa shape index (κ3) is 3.72. The quantitative estimate of drug-likeness (QED) is 0.540. The van der Waals surface area contributed by atoms with Gasteiger partial charge in [-0.15, -0.1) is 0 Å². The van der Waals surface area contributed by atoms with Gasteiger partial charge in [0, 0.05) is 13.6 Å². The predicted octanol–water partition coefficient (Wildman–Crippen LogP) is 1.86. The molecule has 0 radical (unpaired) electrons. The molecule has 1 heteroatoms. The standard InChI is InChI=1S/C7H15N/c1-4-6-8(3)7-5-2/h4,6H,5,7H2,1-3H3. The summed E-state index contributed by atoms with van der Waals surface area (Å²) in [7, 11) is 2.09. The Balaban J connectivity index is 3.17. The molecule has 48 valence electrons. The highest BCUT2D eigenvalue weighted by molar-refractivity contribution is 4.74. The average molecular weight is 113 g/mol. The van der Waals surface area contributed by atoms with Crippen LogP contribution in [0.15, 0.2) is 12.3 Å². The van der Waals surface area contributed by atoms with Crippen molar-refractivity contribution >= 4 is 0 Å². The van der Waals surface area contributed by atoms with Crippen molar-refractivity contribution in [2.75, 3.05) is 13.6 Å². The Bertz CT molecular complexity index is 66.8. The minimum absolute atomic E-state index is 1.16. The van der Waals surface area contributed by atoms with Crippen molar-refractivity contribution in [3.05, 3.63) is 12.3 Å². The third-order valence-corrected chi connectivity index (χ3v) is 0.980. The second-order valence-corrected chi connectivity index (χ2v) is 1.96. The Hall–Kier alpha value is -0.460. The van der Waals surface area contributed by atoms with E-state index < -0.39 is 0 Å². The van der Waals surface area contributed by atoms with Gasteiger partial charge in [0.05, 0.1) is 0 Å². The highest BCUT2D eigenvalue weighted by Crippen LogP contribution is 1.85. The molecular weight excluding hydrogens is 98.1 g/mol. The molecule has 0 spiro atoms. The Labute approximate surface area is 52.0 Å². The number of nitrogens with zero attached hydrogens (tertiary/aromatic N) is 1. The molecule has 0 N–H and O–H groups in total. The van der Waals surface area contributed by atoms with Gasteiger partial charge in [-0.25, -0.2) is 0 Å². The molecule has 0 amide bonds. The van der Waals surface area contributed by atoms with Crippen molar-refractivity contribution in [2.45, 2.75) is 20.3 Å². The number of hydrogen-bond acceptors (Lipinski definition) is 1. The van der Waals surface area contributed by atoms with Crippen molar-refractivity contribution in [1.29, 1.82) is 0 Å². The minimum Gasteiger partial charge on any atom is -0.381 e. The Morgan fingerprint density at radius 3 is 2.50 bits per heavy atom. The summed E-state index contributed by atoms with van der Waals surface area (Å²) in [6, 6.07) is 0. The van der Waals surface area contributed by atoms with E-state index in [0.717, 1.165) is 6.54 Å². The summed E-state index contributed by atoms with van der Waals surface area (Å²) in [5.74, 6) is 0. The predicted molar refractivity (Wildman–Crippen MR) is 37.7 cm³/mol. The molecular formula is C7H15N. The minimum atomic E-state index is 1.16. The molecule has 0 unspecified atom stereocenters. The Kier molecular flexibility index (Phi) is 4.42. The molecule has 0 fully saturated rings. The van der Waals surface area contributed by atoms with E-state index in [1.807, 2.05) is 6.92 Å². The highest BCUT2D eigenvalue weighted by atomic mass is 15.1. The van der Waals surface area contributed by atoms with Gasteiger partial charge in [-0.3, -0.25) is 0 Å². The maximum absolute atomic E-state index is 2.18. The summed E-state index contributed by atoms with van der Waals surface area (Å²) in [4.78, 5) is 2.18. The van der Waals surface area contributed by atoms with Crippen molar-refractivity contribution in [3.63, 3.8) is 0 Å². The van der Waals surface area contributed by atoms with Gasteiger partial charge < -0.3 is 4.90 Å². The fourth-order valence-electron chi connectivity index (χ4n) is 0.682. The van der Waals surface area contributed by atoms with Gasteiger partial charge in [0.2, 0.25) is 0 Å². The van der Waals surface area contributed by atoms with Crippen LogP contribution in [0.25, 0.3) is 0 Å². The van der Waals surface area contributed by atoms with Gasteiger partial charge in [-0.05, 0) is 19.5 Å². The monoisotopic (exact) mass is 113 g/mol. The summed E-state index contributed by atoms with van der Waals surface area (Å²) in [5, 5.41) is 0. The van der Waals surface area contributed by atoms with Crippen LogP contribution < -0.4 is 0 Å². The Morgan fingerprint density at radius 2 is 2.12 bits per heavy atom. The Morgan fingerprint density at radius 1 is 1.50 bits per heavy atom. The lowest BCUT2D eigenvalue weighted by Crippen LogP contribution is -2.10. The molecule has 0 atom stereocenters. The SMILES string of the molecule is CC=CN(C)CCC. The van der Waals surface area contributed by atoms with Crippen LogP contribution in [0.3, 0.4) is 0 Å². The maximum Gasteiger partial charge on any atom is 0.0166 e. The lowest BCUT2D eigenvalue weighted by atomic mass is 10.4. The van der Waals surface area contributed by atoms with Crippen molar-refractivity contribution in [2.24, 2.45) is 0 Å². The zero-order valence-corrected chi connectivity index (χ0v) is 6.02. The van der Waals surface area contributed by atoms with Gasteiger partial charge in [0.15, 0.2) is 0 Å². The van der Waals surface area contributed by atoms with E-state index in [1.165, 1.54) is 6.42 Å². The summed E-state index contributed by atoms with van der Waals surface area (Å²) >= 11 is 0. The van der Waals surface area contributed by atoms with Gasteiger partial charge in [0.25, 0.3) is 0 Å². The van der Waals surface area contributed by atoms with E-state index in [-0.39, 0.29) is 0 Å². The molecule has 0 aromatic rings. The van der Waals surface area contributed by atoms with Crippen LogP contribution in [-0.4, -0.2) is 18.5 Å². The number of rotatable bonds is 3. The normalized spacial score (nSPS) is 10.4. The summed E-state index contributed by atoms with van der Waals surface area (Å²) in [5.41, 5.74) is 0. The molecule has 0 aliphatic rings. The number of allylic oxidation sites excluding steroid dienone is 1. The van der Waals surface area contributed by atoms with Crippen LogP contribution in [-0.2, 0) is 0 Å². The van der Waals surface area contributed by atoms with Crippen LogP contribution in [0.4, 0.5) is 0 Å². The fourth-order valence-corrected chi connectivity index (χ4v) is 0.682. The average Bonchev–Trinajstić information content (AvgIpc) is 1.68. The third-order valence-electron chi connectivity index (χ3n) is 0.980.